The van der Waals surface area contributed by atoms with Crippen LogP contribution in [0.15, 0.2) is 36.5 Å². The largest absolute Gasteiger partial charge is 0.490 e. The molecule has 2 aromatic rings. The van der Waals surface area contributed by atoms with E-state index >= 15 is 0 Å². The second-order valence-corrected chi connectivity index (χ2v) is 5.54. The van der Waals surface area contributed by atoms with Gasteiger partial charge in [-0.2, -0.15) is 0 Å². The number of nitrogens with zero attached hydrogens (tertiary/aromatic N) is 1. The maximum atomic E-state index is 11.6. The molecule has 1 aliphatic carbocycles. The number of primary amides is 1. The number of amides is 1. The van der Waals surface area contributed by atoms with Gasteiger partial charge in [0.1, 0.15) is 17.4 Å². The maximum absolute atomic E-state index is 11.6. The number of hydrogen-bond acceptors (Lipinski definition) is 4. The molecule has 2 atom stereocenters. The van der Waals surface area contributed by atoms with Crippen molar-refractivity contribution in [3.05, 3.63) is 36.5 Å². The third kappa shape index (κ3) is 2.56. The van der Waals surface area contributed by atoms with Gasteiger partial charge in [0.25, 0.3) is 0 Å². The summed E-state index contributed by atoms with van der Waals surface area (Å²) in [5, 5.41) is 4.14. The summed E-state index contributed by atoms with van der Waals surface area (Å²) in [7, 11) is 1.77. The van der Waals surface area contributed by atoms with Crippen LogP contribution in [-0.4, -0.2) is 29.6 Å². The summed E-state index contributed by atoms with van der Waals surface area (Å²) in [6, 6.07) is 9.79. The van der Waals surface area contributed by atoms with Crippen LogP contribution in [0, 0.1) is 0 Å². The van der Waals surface area contributed by atoms with Gasteiger partial charge in [-0.15, -0.1) is 0 Å². The fraction of sp³-hybridized carbons (Fsp3) is 0.375. The predicted octanol–water partition coefficient (Wildman–Crippen LogP) is 1.61. The first-order valence-corrected chi connectivity index (χ1v) is 7.13. The van der Waals surface area contributed by atoms with Crippen LogP contribution >= 0.6 is 0 Å². The lowest BCUT2D eigenvalue weighted by atomic mass is 9.97. The van der Waals surface area contributed by atoms with Crippen LogP contribution in [0.25, 0.3) is 10.9 Å². The highest BCUT2D eigenvalue weighted by Gasteiger charge is 2.43. The zero-order chi connectivity index (χ0) is 14.9. The Bertz CT molecular complexity index is 673. The molecule has 5 nitrogen and oxygen atoms in total. The molecule has 1 fully saturated rings. The third-order valence-corrected chi connectivity index (χ3v) is 4.30. The minimum absolute atomic E-state index is 0.00823. The van der Waals surface area contributed by atoms with Crippen LogP contribution in [-0.2, 0) is 4.79 Å². The van der Waals surface area contributed by atoms with Crippen molar-refractivity contribution in [2.24, 2.45) is 5.73 Å². The molecule has 21 heavy (non-hydrogen) atoms. The minimum atomic E-state index is -0.639. The van der Waals surface area contributed by atoms with Crippen molar-refractivity contribution in [3.63, 3.8) is 0 Å². The second-order valence-electron chi connectivity index (χ2n) is 5.54. The molecule has 1 heterocycles. The molecule has 2 unspecified atom stereocenters. The zero-order valence-corrected chi connectivity index (χ0v) is 12.0. The third-order valence-electron chi connectivity index (χ3n) is 4.30. The van der Waals surface area contributed by atoms with Gasteiger partial charge in [0.05, 0.1) is 5.52 Å². The maximum Gasteiger partial charge on any atom is 0.237 e. The number of benzene rings is 1. The van der Waals surface area contributed by atoms with Gasteiger partial charge in [0.15, 0.2) is 0 Å². The molecule has 5 heteroatoms. The fourth-order valence-electron chi connectivity index (χ4n) is 2.99. The number of aromatic nitrogens is 1. The quantitative estimate of drug-likeness (QED) is 0.894. The van der Waals surface area contributed by atoms with E-state index in [0.717, 1.165) is 23.1 Å². The number of hydrogen-bond donors (Lipinski definition) is 2. The van der Waals surface area contributed by atoms with Crippen molar-refractivity contribution < 1.29 is 9.53 Å². The monoisotopic (exact) mass is 285 g/mol. The van der Waals surface area contributed by atoms with Gasteiger partial charge < -0.3 is 15.8 Å². The summed E-state index contributed by atoms with van der Waals surface area (Å²) >= 11 is 0. The fourth-order valence-corrected chi connectivity index (χ4v) is 2.99. The van der Waals surface area contributed by atoms with Crippen molar-refractivity contribution >= 4 is 16.8 Å². The highest BCUT2D eigenvalue weighted by Crippen LogP contribution is 2.33. The smallest absolute Gasteiger partial charge is 0.237 e. The van der Waals surface area contributed by atoms with Gasteiger partial charge in [0, 0.05) is 24.1 Å². The summed E-state index contributed by atoms with van der Waals surface area (Å²) in [6.07, 6.45) is 3.87. The first-order valence-electron chi connectivity index (χ1n) is 7.13. The van der Waals surface area contributed by atoms with E-state index in [1.807, 2.05) is 30.3 Å². The summed E-state index contributed by atoms with van der Waals surface area (Å²) in [5.41, 5.74) is 5.77. The van der Waals surface area contributed by atoms with E-state index in [0.29, 0.717) is 12.8 Å². The van der Waals surface area contributed by atoms with Crippen LogP contribution in [0.4, 0.5) is 0 Å². The van der Waals surface area contributed by atoms with E-state index in [1.54, 1.807) is 13.2 Å². The van der Waals surface area contributed by atoms with Gasteiger partial charge in [-0.25, -0.2) is 0 Å². The molecular formula is C16H19N3O2. The minimum Gasteiger partial charge on any atom is -0.490 e. The number of carbonyl (C=O) groups is 1. The number of nitrogens with two attached hydrogens (primary N) is 1. The highest BCUT2D eigenvalue weighted by atomic mass is 16.5. The topological polar surface area (TPSA) is 77.2 Å². The normalized spacial score (nSPS) is 25.1. The molecule has 1 amide bonds. The van der Waals surface area contributed by atoms with Crippen LogP contribution in [0.5, 0.6) is 5.75 Å². The molecule has 1 aliphatic rings. The van der Waals surface area contributed by atoms with Crippen LogP contribution in [0.3, 0.4) is 0 Å². The molecule has 110 valence electrons. The lowest BCUT2D eigenvalue weighted by Gasteiger charge is -2.24. The number of ether oxygens (including phenoxy) is 1. The zero-order valence-electron chi connectivity index (χ0n) is 12.0. The lowest BCUT2D eigenvalue weighted by molar-refractivity contribution is -0.124. The standard InChI is InChI=1S/C16H19N3O2/c1-18-16(15(17)20)7-6-13(10-16)21-12-5-4-11-3-2-8-19-14(11)9-12/h2-5,8-9,13,18H,6-7,10H2,1H3,(H2,17,20). The predicted molar refractivity (Wildman–Crippen MR) is 81.0 cm³/mol. The number of nitrogens with one attached hydrogen (secondary N) is 1. The van der Waals surface area contributed by atoms with Gasteiger partial charge >= 0.3 is 0 Å². The van der Waals surface area contributed by atoms with Crippen LogP contribution in [0.1, 0.15) is 19.3 Å². The van der Waals surface area contributed by atoms with E-state index in [-0.39, 0.29) is 12.0 Å². The Morgan fingerprint density at radius 1 is 1.48 bits per heavy atom. The molecule has 0 radical (unpaired) electrons. The Morgan fingerprint density at radius 3 is 3.05 bits per heavy atom. The first-order chi connectivity index (χ1) is 10.1. The lowest BCUT2D eigenvalue weighted by Crippen LogP contribution is -2.52. The molecule has 1 aromatic carbocycles. The van der Waals surface area contributed by atoms with Crippen molar-refractivity contribution in [3.8, 4) is 5.75 Å². The Balaban J connectivity index is 1.76. The Kier molecular flexibility index (Phi) is 3.51. The number of fused-ring (bicyclic) bond motifs is 1. The molecule has 0 saturated heterocycles. The van der Waals surface area contributed by atoms with Crippen LogP contribution in [0.2, 0.25) is 0 Å². The van der Waals surface area contributed by atoms with Crippen molar-refractivity contribution in [1.82, 2.24) is 10.3 Å². The van der Waals surface area contributed by atoms with E-state index < -0.39 is 5.54 Å². The summed E-state index contributed by atoms with van der Waals surface area (Å²) in [5.74, 6) is 0.471. The summed E-state index contributed by atoms with van der Waals surface area (Å²) < 4.78 is 6.00. The molecule has 0 spiro atoms. The van der Waals surface area contributed by atoms with Crippen molar-refractivity contribution in [2.45, 2.75) is 30.9 Å². The first kappa shape index (κ1) is 13.8. The molecule has 0 bridgehead atoms. The van der Waals surface area contributed by atoms with Gasteiger partial charge in [0.2, 0.25) is 5.91 Å². The average molecular weight is 285 g/mol. The molecule has 3 N–H and O–H groups in total. The molecule has 1 saturated carbocycles. The summed E-state index contributed by atoms with van der Waals surface area (Å²) in [4.78, 5) is 15.9. The van der Waals surface area contributed by atoms with Gasteiger partial charge in [-0.1, -0.05) is 6.07 Å². The molecular weight excluding hydrogens is 266 g/mol. The molecule has 0 aliphatic heterocycles. The molecule has 3 rings (SSSR count). The number of pyridine rings is 1. The second kappa shape index (κ2) is 5.33. The van der Waals surface area contributed by atoms with E-state index in [1.165, 1.54) is 0 Å². The highest BCUT2D eigenvalue weighted by molar-refractivity contribution is 5.85. The van der Waals surface area contributed by atoms with Gasteiger partial charge in [-0.3, -0.25) is 9.78 Å². The van der Waals surface area contributed by atoms with Gasteiger partial charge in [-0.05, 0) is 38.1 Å². The van der Waals surface area contributed by atoms with E-state index in [4.69, 9.17) is 10.5 Å². The van der Waals surface area contributed by atoms with Crippen molar-refractivity contribution in [2.75, 3.05) is 7.05 Å². The van der Waals surface area contributed by atoms with Crippen molar-refractivity contribution in [1.29, 1.82) is 0 Å². The van der Waals surface area contributed by atoms with E-state index in [2.05, 4.69) is 10.3 Å². The Labute approximate surface area is 123 Å². The molecule has 1 aromatic heterocycles. The SMILES string of the molecule is CNC1(C(N)=O)CCC(Oc2ccc3cccnc3c2)C1. The summed E-state index contributed by atoms with van der Waals surface area (Å²) in [6.45, 7) is 0. The number of rotatable bonds is 4. The number of likely N-dealkylation sites (N-methyl/N-ethyl adjacent to an activating group) is 1. The number of carbonyl (C=O) groups excluding carboxylic acids is 1. The van der Waals surface area contributed by atoms with E-state index in [9.17, 15) is 4.79 Å². The van der Waals surface area contributed by atoms with Crippen LogP contribution < -0.4 is 15.8 Å². The average Bonchev–Trinajstić information content (AvgIpc) is 2.92. The Hall–Kier alpha value is -2.14. The Morgan fingerprint density at radius 2 is 2.33 bits per heavy atom.